The van der Waals surface area contributed by atoms with E-state index >= 15 is 0 Å². The van der Waals surface area contributed by atoms with Crippen LogP contribution in [0.25, 0.3) is 0 Å². The molecular weight excluding hydrogens is 401 g/mol. The molecule has 2 heterocycles. The van der Waals surface area contributed by atoms with Crippen LogP contribution in [0.2, 0.25) is 0 Å². The van der Waals surface area contributed by atoms with Crippen molar-refractivity contribution >= 4 is 35.2 Å². The predicted molar refractivity (Wildman–Crippen MR) is 119 cm³/mol. The minimum absolute atomic E-state index is 0.0141. The van der Waals surface area contributed by atoms with Gasteiger partial charge in [0.05, 0.1) is 6.61 Å². The number of benzene rings is 1. The number of hydrogen-bond acceptors (Lipinski definition) is 7. The molecule has 162 valence electrons. The van der Waals surface area contributed by atoms with E-state index in [1.54, 1.807) is 31.5 Å². The van der Waals surface area contributed by atoms with Crippen molar-refractivity contribution in [2.24, 2.45) is 10.7 Å². The fourth-order valence-electron chi connectivity index (χ4n) is 3.00. The zero-order valence-electron chi connectivity index (χ0n) is 17.1. The number of ether oxygens (including phenoxy) is 1. The van der Waals surface area contributed by atoms with E-state index in [1.807, 2.05) is 0 Å². The molecule has 3 rings (SSSR count). The summed E-state index contributed by atoms with van der Waals surface area (Å²) in [6.07, 6.45) is 5.91. The summed E-state index contributed by atoms with van der Waals surface area (Å²) in [4.78, 5) is 22.0. The van der Waals surface area contributed by atoms with Crippen molar-refractivity contribution < 1.29 is 13.9 Å². The molecule has 0 spiro atoms. The van der Waals surface area contributed by atoms with Gasteiger partial charge in [0.2, 0.25) is 0 Å². The lowest BCUT2D eigenvalue weighted by Crippen LogP contribution is -2.41. The van der Waals surface area contributed by atoms with Gasteiger partial charge in [0.15, 0.2) is 5.82 Å². The highest BCUT2D eigenvalue weighted by atomic mass is 19.1. The van der Waals surface area contributed by atoms with Crippen LogP contribution in [0.15, 0.2) is 47.7 Å². The second kappa shape index (κ2) is 10.3. The molecule has 2 aromatic rings. The monoisotopic (exact) mass is 425 g/mol. The standard InChI is InChI=1S/C21H24FN7O2/c1-25-3-2-19(24)28-20-9-18(15(10-23)12-27-20)26-11-14-6-16(22)8-17(7-14)29-4-5-31-13-21(29)30/h2-3,6-10,12,23,25H,4-5,11,13H2,1H3,(H3,24,26,27,28)/b3-2-,23-10?. The maximum absolute atomic E-state index is 14.2. The lowest BCUT2D eigenvalue weighted by molar-refractivity contribution is -0.125. The molecule has 1 aliphatic heterocycles. The van der Waals surface area contributed by atoms with Gasteiger partial charge in [-0.15, -0.1) is 0 Å². The molecule has 0 atom stereocenters. The number of carbonyl (C=O) groups is 1. The van der Waals surface area contributed by atoms with Gasteiger partial charge in [0, 0.05) is 55.6 Å². The SMILES string of the molecule is CN/C=C\C(N)=Nc1cc(NCc2cc(F)cc(N3CCOCC3=O)c2)c(C=N)cn1. The number of amides is 1. The number of anilines is 2. The van der Waals surface area contributed by atoms with E-state index in [0.29, 0.717) is 41.5 Å². The summed E-state index contributed by atoms with van der Waals surface area (Å²) >= 11 is 0. The molecule has 5 N–H and O–H groups in total. The molecule has 10 heteroatoms. The van der Waals surface area contributed by atoms with Gasteiger partial charge in [0.1, 0.15) is 18.3 Å². The third-order valence-electron chi connectivity index (χ3n) is 4.46. The first-order valence-electron chi connectivity index (χ1n) is 9.60. The predicted octanol–water partition coefficient (Wildman–Crippen LogP) is 1.92. The normalized spacial score (nSPS) is 14.7. The number of carbonyl (C=O) groups excluding carboxylic acids is 1. The highest BCUT2D eigenvalue weighted by Crippen LogP contribution is 2.23. The third kappa shape index (κ3) is 5.86. The molecule has 1 amide bonds. The summed E-state index contributed by atoms with van der Waals surface area (Å²) in [7, 11) is 1.75. The number of nitrogens with one attached hydrogen (secondary N) is 3. The zero-order valence-corrected chi connectivity index (χ0v) is 17.1. The Morgan fingerprint density at radius 3 is 3.00 bits per heavy atom. The Kier molecular flexibility index (Phi) is 7.28. The van der Waals surface area contributed by atoms with Crippen molar-refractivity contribution in [2.45, 2.75) is 6.54 Å². The van der Waals surface area contributed by atoms with Gasteiger partial charge in [-0.2, -0.15) is 0 Å². The van der Waals surface area contributed by atoms with Crippen LogP contribution in [-0.4, -0.2) is 49.7 Å². The lowest BCUT2D eigenvalue weighted by Gasteiger charge is -2.27. The Balaban J connectivity index is 1.80. The fourth-order valence-corrected chi connectivity index (χ4v) is 3.00. The van der Waals surface area contributed by atoms with Crippen LogP contribution in [0.1, 0.15) is 11.1 Å². The van der Waals surface area contributed by atoms with Gasteiger partial charge in [-0.1, -0.05) is 0 Å². The molecule has 1 fully saturated rings. The topological polar surface area (TPSA) is 129 Å². The second-order valence-corrected chi connectivity index (χ2v) is 6.70. The molecular formula is C21H24FN7O2. The third-order valence-corrected chi connectivity index (χ3v) is 4.46. The number of pyridine rings is 1. The molecule has 1 saturated heterocycles. The average Bonchev–Trinajstić information content (AvgIpc) is 2.76. The number of nitrogens with zero attached hydrogens (tertiary/aromatic N) is 3. The summed E-state index contributed by atoms with van der Waals surface area (Å²) in [5.74, 6) is -0.0149. The molecule has 0 radical (unpaired) electrons. The summed E-state index contributed by atoms with van der Waals surface area (Å²) in [6, 6.07) is 6.14. The van der Waals surface area contributed by atoms with Crippen LogP contribution in [0.3, 0.4) is 0 Å². The van der Waals surface area contributed by atoms with Crippen molar-refractivity contribution in [3.05, 3.63) is 59.7 Å². The molecule has 1 aliphatic rings. The number of nitrogens with two attached hydrogens (primary N) is 1. The van der Waals surface area contributed by atoms with Gasteiger partial charge < -0.3 is 31.4 Å². The lowest BCUT2D eigenvalue weighted by atomic mass is 10.1. The van der Waals surface area contributed by atoms with E-state index in [-0.39, 0.29) is 24.9 Å². The fraction of sp³-hybridized carbons (Fsp3) is 0.238. The summed E-state index contributed by atoms with van der Waals surface area (Å²) in [6.45, 7) is 1.04. The molecule has 9 nitrogen and oxygen atoms in total. The number of halogens is 1. The summed E-state index contributed by atoms with van der Waals surface area (Å²) in [5.41, 5.74) is 8.10. The van der Waals surface area contributed by atoms with E-state index in [4.69, 9.17) is 15.9 Å². The summed E-state index contributed by atoms with van der Waals surface area (Å²) in [5, 5.41) is 13.6. The van der Waals surface area contributed by atoms with E-state index in [1.165, 1.54) is 23.2 Å². The minimum Gasteiger partial charge on any atom is -0.394 e. The van der Waals surface area contributed by atoms with Crippen molar-refractivity contribution in [3.8, 4) is 0 Å². The average molecular weight is 425 g/mol. The Bertz CT molecular complexity index is 1020. The zero-order chi connectivity index (χ0) is 22.2. The Labute approximate surface area is 179 Å². The molecule has 31 heavy (non-hydrogen) atoms. The van der Waals surface area contributed by atoms with E-state index in [9.17, 15) is 9.18 Å². The molecule has 1 aromatic carbocycles. The van der Waals surface area contributed by atoms with Gasteiger partial charge >= 0.3 is 0 Å². The number of amidine groups is 1. The van der Waals surface area contributed by atoms with Crippen molar-refractivity contribution in [1.29, 1.82) is 5.41 Å². The van der Waals surface area contributed by atoms with E-state index in [0.717, 1.165) is 6.21 Å². The first-order chi connectivity index (χ1) is 15.0. The van der Waals surface area contributed by atoms with Crippen LogP contribution in [0, 0.1) is 11.2 Å². The Morgan fingerprint density at radius 1 is 1.42 bits per heavy atom. The number of aliphatic imine (C=N–C) groups is 1. The maximum atomic E-state index is 14.2. The van der Waals surface area contributed by atoms with E-state index in [2.05, 4.69) is 20.6 Å². The first-order valence-corrected chi connectivity index (χ1v) is 9.60. The van der Waals surface area contributed by atoms with Crippen molar-refractivity contribution in [2.75, 3.05) is 37.0 Å². The minimum atomic E-state index is -0.440. The largest absolute Gasteiger partial charge is 0.394 e. The van der Waals surface area contributed by atoms with Gasteiger partial charge in [0.25, 0.3) is 5.91 Å². The smallest absolute Gasteiger partial charge is 0.253 e. The first kappa shape index (κ1) is 21.9. The van der Waals surface area contributed by atoms with Crippen LogP contribution in [0.4, 0.5) is 21.6 Å². The summed E-state index contributed by atoms with van der Waals surface area (Å²) < 4.78 is 19.3. The maximum Gasteiger partial charge on any atom is 0.253 e. The number of aromatic nitrogens is 1. The molecule has 0 aliphatic carbocycles. The number of rotatable bonds is 8. The quantitative estimate of drug-likeness (QED) is 0.378. The highest BCUT2D eigenvalue weighted by Gasteiger charge is 2.21. The Hall–Kier alpha value is -3.79. The highest BCUT2D eigenvalue weighted by molar-refractivity contribution is 5.95. The van der Waals surface area contributed by atoms with Gasteiger partial charge in [-0.05, 0) is 36.0 Å². The van der Waals surface area contributed by atoms with Gasteiger partial charge in [-0.3, -0.25) is 4.79 Å². The number of hydrogen-bond donors (Lipinski definition) is 4. The van der Waals surface area contributed by atoms with Crippen LogP contribution in [-0.2, 0) is 16.1 Å². The van der Waals surface area contributed by atoms with Crippen LogP contribution >= 0.6 is 0 Å². The second-order valence-electron chi connectivity index (χ2n) is 6.70. The molecule has 0 saturated carbocycles. The van der Waals surface area contributed by atoms with Gasteiger partial charge in [-0.25, -0.2) is 14.4 Å². The molecule has 0 bridgehead atoms. The van der Waals surface area contributed by atoms with Crippen molar-refractivity contribution in [1.82, 2.24) is 10.3 Å². The number of morpholine rings is 1. The molecule has 0 unspecified atom stereocenters. The molecule has 1 aromatic heterocycles. The van der Waals surface area contributed by atoms with Crippen LogP contribution in [0.5, 0.6) is 0 Å². The van der Waals surface area contributed by atoms with Crippen molar-refractivity contribution in [3.63, 3.8) is 0 Å². The van der Waals surface area contributed by atoms with E-state index < -0.39 is 5.82 Å². The van der Waals surface area contributed by atoms with Crippen LogP contribution < -0.4 is 21.3 Å². The Morgan fingerprint density at radius 2 is 2.26 bits per heavy atom.